The number of rotatable bonds is 10. The van der Waals surface area contributed by atoms with Gasteiger partial charge in [0, 0.05) is 29.7 Å². The molecule has 0 spiro atoms. The van der Waals surface area contributed by atoms with E-state index in [9.17, 15) is 10.1 Å². The van der Waals surface area contributed by atoms with E-state index < -0.39 is 6.23 Å². The van der Waals surface area contributed by atoms with Crippen LogP contribution in [-0.2, 0) is 0 Å². The summed E-state index contributed by atoms with van der Waals surface area (Å²) in [5.74, 6) is 2.66. The number of nitrogens with zero attached hydrogens (tertiary/aromatic N) is 3. The van der Waals surface area contributed by atoms with Crippen LogP contribution in [0.3, 0.4) is 0 Å². The molecule has 2 atom stereocenters. The van der Waals surface area contributed by atoms with Gasteiger partial charge in [-0.3, -0.25) is 10.1 Å². The number of hydrogen-bond donors (Lipinski definition) is 0. The van der Waals surface area contributed by atoms with Crippen LogP contribution in [0.1, 0.15) is 61.6 Å². The van der Waals surface area contributed by atoms with E-state index in [1.165, 1.54) is 6.07 Å². The summed E-state index contributed by atoms with van der Waals surface area (Å²) in [6.45, 7) is 2.78. The van der Waals surface area contributed by atoms with Crippen LogP contribution in [0.5, 0.6) is 23.0 Å². The first-order chi connectivity index (χ1) is 18.5. The molecule has 3 aromatic carbocycles. The van der Waals surface area contributed by atoms with Crippen molar-refractivity contribution in [2.24, 2.45) is 5.10 Å². The van der Waals surface area contributed by atoms with Crippen LogP contribution in [-0.4, -0.2) is 36.5 Å². The standard InChI is InChI=1S/C29H31N3O6/c1-4-5-6-15-37-27-13-9-20(16-28(27)36-3)29-31-25(23-17-21(32(33)34)10-14-26(23)38-29)18-24(30-31)19-7-11-22(35-2)12-8-19/h7-14,16-17,25,29H,4-6,15,18H2,1-3H3. The summed E-state index contributed by atoms with van der Waals surface area (Å²) in [5.41, 5.74) is 3.43. The van der Waals surface area contributed by atoms with Gasteiger partial charge in [-0.25, -0.2) is 5.01 Å². The maximum atomic E-state index is 11.5. The van der Waals surface area contributed by atoms with Crippen molar-refractivity contribution in [3.8, 4) is 23.0 Å². The largest absolute Gasteiger partial charge is 0.497 e. The predicted molar refractivity (Wildman–Crippen MR) is 143 cm³/mol. The number of hydrogen-bond acceptors (Lipinski definition) is 8. The van der Waals surface area contributed by atoms with E-state index in [-0.39, 0.29) is 16.7 Å². The van der Waals surface area contributed by atoms with Gasteiger partial charge in [0.2, 0.25) is 6.23 Å². The molecular weight excluding hydrogens is 486 g/mol. The van der Waals surface area contributed by atoms with Gasteiger partial charge < -0.3 is 18.9 Å². The van der Waals surface area contributed by atoms with Crippen molar-refractivity contribution >= 4 is 11.4 Å². The zero-order valence-electron chi connectivity index (χ0n) is 21.8. The third kappa shape index (κ3) is 4.96. The Hall–Kier alpha value is -4.27. The third-order valence-corrected chi connectivity index (χ3v) is 6.89. The Morgan fingerprint density at radius 1 is 1.03 bits per heavy atom. The second-order valence-corrected chi connectivity index (χ2v) is 9.29. The third-order valence-electron chi connectivity index (χ3n) is 6.89. The van der Waals surface area contributed by atoms with E-state index in [4.69, 9.17) is 24.0 Å². The number of unbranched alkanes of at least 4 members (excludes halogenated alkanes) is 2. The molecule has 0 saturated heterocycles. The molecule has 5 rings (SSSR count). The van der Waals surface area contributed by atoms with Crippen molar-refractivity contribution in [2.45, 2.75) is 44.9 Å². The van der Waals surface area contributed by atoms with Crippen LogP contribution in [0.2, 0.25) is 0 Å². The fraction of sp³-hybridized carbons (Fsp3) is 0.345. The predicted octanol–water partition coefficient (Wildman–Crippen LogP) is 6.42. The lowest BCUT2D eigenvalue weighted by molar-refractivity contribution is -0.385. The van der Waals surface area contributed by atoms with E-state index in [0.29, 0.717) is 30.3 Å². The van der Waals surface area contributed by atoms with Gasteiger partial charge in [-0.05, 0) is 60.5 Å². The molecule has 2 heterocycles. The zero-order valence-corrected chi connectivity index (χ0v) is 21.8. The molecule has 38 heavy (non-hydrogen) atoms. The summed E-state index contributed by atoms with van der Waals surface area (Å²) in [6.07, 6.45) is 3.25. The molecule has 0 radical (unpaired) electrons. The van der Waals surface area contributed by atoms with Crippen LogP contribution in [0.15, 0.2) is 65.8 Å². The smallest absolute Gasteiger partial charge is 0.270 e. The Morgan fingerprint density at radius 2 is 1.84 bits per heavy atom. The lowest BCUT2D eigenvalue weighted by atomic mass is 9.95. The van der Waals surface area contributed by atoms with E-state index in [1.807, 2.05) is 47.5 Å². The second-order valence-electron chi connectivity index (χ2n) is 9.29. The molecule has 3 aromatic rings. The Labute approximate surface area is 221 Å². The van der Waals surface area contributed by atoms with E-state index in [1.54, 1.807) is 26.4 Å². The van der Waals surface area contributed by atoms with Crippen LogP contribution in [0, 0.1) is 10.1 Å². The van der Waals surface area contributed by atoms with Gasteiger partial charge in [0.05, 0.1) is 37.5 Å². The van der Waals surface area contributed by atoms with Crippen LogP contribution < -0.4 is 18.9 Å². The van der Waals surface area contributed by atoms with E-state index in [0.717, 1.165) is 47.4 Å². The Bertz CT molecular complexity index is 1340. The minimum absolute atomic E-state index is 0.0230. The van der Waals surface area contributed by atoms with Gasteiger partial charge in [-0.2, -0.15) is 5.10 Å². The molecule has 2 aliphatic heterocycles. The van der Waals surface area contributed by atoms with Gasteiger partial charge in [-0.15, -0.1) is 0 Å². The number of ether oxygens (including phenoxy) is 4. The highest BCUT2D eigenvalue weighted by molar-refractivity contribution is 6.02. The average molecular weight is 518 g/mol. The fourth-order valence-electron chi connectivity index (χ4n) is 4.86. The first-order valence-corrected chi connectivity index (χ1v) is 12.8. The quantitative estimate of drug-likeness (QED) is 0.174. The van der Waals surface area contributed by atoms with Gasteiger partial charge in [0.1, 0.15) is 11.5 Å². The molecule has 9 nitrogen and oxygen atoms in total. The first kappa shape index (κ1) is 25.4. The zero-order chi connectivity index (χ0) is 26.6. The first-order valence-electron chi connectivity index (χ1n) is 12.8. The highest BCUT2D eigenvalue weighted by Crippen LogP contribution is 2.49. The van der Waals surface area contributed by atoms with E-state index in [2.05, 4.69) is 6.92 Å². The number of fused-ring (bicyclic) bond motifs is 3. The molecule has 0 N–H and O–H groups in total. The topological polar surface area (TPSA) is 95.7 Å². The van der Waals surface area contributed by atoms with Gasteiger partial charge in [0.15, 0.2) is 11.5 Å². The van der Waals surface area contributed by atoms with Crippen LogP contribution in [0.25, 0.3) is 0 Å². The molecule has 0 aliphatic carbocycles. The molecule has 0 bridgehead atoms. The maximum Gasteiger partial charge on any atom is 0.270 e. The van der Waals surface area contributed by atoms with Crippen LogP contribution >= 0.6 is 0 Å². The fourth-order valence-corrected chi connectivity index (χ4v) is 4.86. The highest BCUT2D eigenvalue weighted by atomic mass is 16.6. The van der Waals surface area contributed by atoms with E-state index >= 15 is 0 Å². The Balaban J connectivity index is 1.51. The van der Waals surface area contributed by atoms with Crippen molar-refractivity contribution in [2.75, 3.05) is 20.8 Å². The molecule has 2 unspecified atom stereocenters. The summed E-state index contributed by atoms with van der Waals surface area (Å²) < 4.78 is 23.3. The van der Waals surface area contributed by atoms with Crippen molar-refractivity contribution in [1.82, 2.24) is 5.01 Å². The Kier molecular flexibility index (Phi) is 7.35. The molecule has 9 heteroatoms. The SMILES string of the molecule is CCCCCOc1ccc(C2Oc3ccc([N+](=O)[O-])cc3C3CC(c4ccc(OC)cc4)=NN32)cc1OC. The molecule has 2 aliphatic rings. The van der Waals surface area contributed by atoms with Crippen molar-refractivity contribution in [1.29, 1.82) is 0 Å². The van der Waals surface area contributed by atoms with Gasteiger partial charge in [-0.1, -0.05) is 19.8 Å². The number of nitro benzene ring substituents is 1. The summed E-state index contributed by atoms with van der Waals surface area (Å²) in [6, 6.07) is 18.0. The molecule has 0 saturated carbocycles. The number of methoxy groups -OCH3 is 2. The molecular formula is C29H31N3O6. The van der Waals surface area contributed by atoms with Crippen molar-refractivity contribution in [3.05, 3.63) is 87.5 Å². The summed E-state index contributed by atoms with van der Waals surface area (Å²) in [4.78, 5) is 11.1. The molecule has 0 fully saturated rings. The summed E-state index contributed by atoms with van der Waals surface area (Å²) >= 11 is 0. The number of non-ortho nitro benzene ring substituents is 1. The monoisotopic (exact) mass is 517 g/mol. The van der Waals surface area contributed by atoms with Crippen molar-refractivity contribution < 1.29 is 23.9 Å². The van der Waals surface area contributed by atoms with Crippen LogP contribution in [0.4, 0.5) is 5.69 Å². The number of benzene rings is 3. The second kappa shape index (κ2) is 11.0. The van der Waals surface area contributed by atoms with Crippen molar-refractivity contribution in [3.63, 3.8) is 0 Å². The average Bonchev–Trinajstić information content (AvgIpc) is 3.40. The molecule has 198 valence electrons. The minimum Gasteiger partial charge on any atom is -0.497 e. The highest BCUT2D eigenvalue weighted by Gasteiger charge is 2.42. The lowest BCUT2D eigenvalue weighted by Gasteiger charge is -2.38. The molecule has 0 amide bonds. The minimum atomic E-state index is -0.548. The number of nitro groups is 1. The summed E-state index contributed by atoms with van der Waals surface area (Å²) in [7, 11) is 3.25. The van der Waals surface area contributed by atoms with Gasteiger partial charge >= 0.3 is 0 Å². The normalized spacial score (nSPS) is 17.7. The number of hydrazone groups is 1. The summed E-state index contributed by atoms with van der Waals surface area (Å²) in [5, 5.41) is 18.4. The maximum absolute atomic E-state index is 11.5. The Morgan fingerprint density at radius 3 is 2.55 bits per heavy atom. The lowest BCUT2D eigenvalue weighted by Crippen LogP contribution is -2.33. The van der Waals surface area contributed by atoms with Gasteiger partial charge in [0.25, 0.3) is 5.69 Å². The molecule has 0 aromatic heterocycles.